The number of hydrogen-bond donors (Lipinski definition) is 0. The van der Waals surface area contributed by atoms with Crippen molar-refractivity contribution in [1.82, 2.24) is 9.55 Å². The molecule has 0 N–H and O–H groups in total. The van der Waals surface area contributed by atoms with E-state index >= 15 is 0 Å². The molecule has 1 fully saturated rings. The van der Waals surface area contributed by atoms with Gasteiger partial charge in [0.15, 0.2) is 0 Å². The summed E-state index contributed by atoms with van der Waals surface area (Å²) in [7, 11) is 0. The SMILES string of the molecule is CCCOc1ccc(-n2c(-c3ccccc3)nc3ccc(N4CCCCC4)cc3c2=O)cc1. The third-order valence-corrected chi connectivity index (χ3v) is 6.17. The van der Waals surface area contributed by atoms with Crippen LogP contribution in [0.25, 0.3) is 28.0 Å². The fourth-order valence-electron chi connectivity index (χ4n) is 4.45. The molecule has 0 spiro atoms. The van der Waals surface area contributed by atoms with Crippen LogP contribution in [0.15, 0.2) is 77.6 Å². The fourth-order valence-corrected chi connectivity index (χ4v) is 4.45. The fraction of sp³-hybridized carbons (Fsp3) is 0.286. The Bertz CT molecular complexity index is 1290. The van der Waals surface area contributed by atoms with E-state index in [0.717, 1.165) is 47.7 Å². The molecule has 0 atom stereocenters. The molecule has 168 valence electrons. The number of anilines is 1. The number of rotatable bonds is 6. The molecule has 0 unspecified atom stereocenters. The Kier molecular flexibility index (Phi) is 6.11. The zero-order valence-electron chi connectivity index (χ0n) is 19.0. The van der Waals surface area contributed by atoms with E-state index in [1.807, 2.05) is 66.7 Å². The van der Waals surface area contributed by atoms with Gasteiger partial charge in [-0.05, 0) is 68.1 Å². The summed E-state index contributed by atoms with van der Waals surface area (Å²) in [5.41, 5.74) is 3.45. The van der Waals surface area contributed by atoms with Crippen LogP contribution < -0.4 is 15.2 Å². The third-order valence-electron chi connectivity index (χ3n) is 6.17. The topological polar surface area (TPSA) is 47.4 Å². The first-order valence-electron chi connectivity index (χ1n) is 11.8. The second-order valence-corrected chi connectivity index (χ2v) is 8.53. The Morgan fingerprint density at radius 1 is 0.879 bits per heavy atom. The Morgan fingerprint density at radius 2 is 1.61 bits per heavy atom. The molecule has 0 bridgehead atoms. The third kappa shape index (κ3) is 4.36. The van der Waals surface area contributed by atoms with Gasteiger partial charge in [0.05, 0.1) is 23.2 Å². The van der Waals surface area contributed by atoms with Crippen LogP contribution >= 0.6 is 0 Å². The van der Waals surface area contributed by atoms with E-state index < -0.39 is 0 Å². The van der Waals surface area contributed by atoms with E-state index in [4.69, 9.17) is 9.72 Å². The first kappa shape index (κ1) is 21.3. The van der Waals surface area contributed by atoms with Gasteiger partial charge in [0.25, 0.3) is 5.56 Å². The minimum Gasteiger partial charge on any atom is -0.494 e. The summed E-state index contributed by atoms with van der Waals surface area (Å²) in [5.74, 6) is 1.44. The molecule has 0 saturated carbocycles. The van der Waals surface area contributed by atoms with E-state index in [1.165, 1.54) is 19.3 Å². The summed E-state index contributed by atoms with van der Waals surface area (Å²) in [6.45, 7) is 4.83. The Hall–Kier alpha value is -3.60. The molecule has 5 nitrogen and oxygen atoms in total. The van der Waals surface area contributed by atoms with Gasteiger partial charge in [-0.3, -0.25) is 9.36 Å². The molecule has 1 aromatic heterocycles. The molecule has 0 amide bonds. The second-order valence-electron chi connectivity index (χ2n) is 8.53. The van der Waals surface area contributed by atoms with Crippen molar-refractivity contribution >= 4 is 16.6 Å². The van der Waals surface area contributed by atoms with Crippen LogP contribution in [0.5, 0.6) is 5.75 Å². The monoisotopic (exact) mass is 439 g/mol. The second kappa shape index (κ2) is 9.49. The van der Waals surface area contributed by atoms with Gasteiger partial charge < -0.3 is 9.64 Å². The highest BCUT2D eigenvalue weighted by Gasteiger charge is 2.17. The lowest BCUT2D eigenvalue weighted by atomic mass is 10.1. The largest absolute Gasteiger partial charge is 0.494 e. The number of aromatic nitrogens is 2. The molecule has 2 heterocycles. The molecule has 1 aliphatic rings. The van der Waals surface area contributed by atoms with Crippen molar-refractivity contribution in [3.8, 4) is 22.8 Å². The maximum atomic E-state index is 13.9. The summed E-state index contributed by atoms with van der Waals surface area (Å²) in [4.78, 5) is 21.2. The zero-order valence-corrected chi connectivity index (χ0v) is 19.0. The predicted molar refractivity (Wildman–Crippen MR) is 135 cm³/mol. The molecular weight excluding hydrogens is 410 g/mol. The van der Waals surface area contributed by atoms with Crippen molar-refractivity contribution in [2.24, 2.45) is 0 Å². The lowest BCUT2D eigenvalue weighted by Gasteiger charge is -2.29. The minimum atomic E-state index is -0.0556. The van der Waals surface area contributed by atoms with E-state index in [9.17, 15) is 4.79 Å². The van der Waals surface area contributed by atoms with Crippen LogP contribution in [0.1, 0.15) is 32.6 Å². The van der Waals surface area contributed by atoms with Gasteiger partial charge in [-0.25, -0.2) is 4.98 Å². The van der Waals surface area contributed by atoms with Crippen molar-refractivity contribution in [1.29, 1.82) is 0 Å². The molecule has 5 rings (SSSR count). The zero-order chi connectivity index (χ0) is 22.6. The number of nitrogens with zero attached hydrogens (tertiary/aromatic N) is 3. The van der Waals surface area contributed by atoms with Crippen molar-refractivity contribution in [2.75, 3.05) is 24.6 Å². The standard InChI is InChI=1S/C28H29N3O2/c1-2-19-33-24-14-11-22(12-15-24)31-27(21-9-5-3-6-10-21)29-26-16-13-23(20-25(26)28(31)32)30-17-7-4-8-18-30/h3,5-6,9-16,20H,2,4,7-8,17-19H2,1H3. The predicted octanol–water partition coefficient (Wildman–Crippen LogP) is 5.83. The maximum absolute atomic E-state index is 13.9. The van der Waals surface area contributed by atoms with Gasteiger partial charge in [-0.1, -0.05) is 37.3 Å². The molecule has 0 aliphatic carbocycles. The Labute approximate surface area is 194 Å². The summed E-state index contributed by atoms with van der Waals surface area (Å²) < 4.78 is 7.46. The highest BCUT2D eigenvalue weighted by atomic mass is 16.5. The average Bonchev–Trinajstić information content (AvgIpc) is 2.89. The van der Waals surface area contributed by atoms with E-state index in [1.54, 1.807) is 4.57 Å². The smallest absolute Gasteiger partial charge is 0.266 e. The van der Waals surface area contributed by atoms with Crippen LogP contribution in [0, 0.1) is 0 Å². The van der Waals surface area contributed by atoms with Crippen LogP contribution in [0.4, 0.5) is 5.69 Å². The lowest BCUT2D eigenvalue weighted by molar-refractivity contribution is 0.317. The molecule has 5 heteroatoms. The summed E-state index contributed by atoms with van der Waals surface area (Å²) in [6, 6.07) is 23.7. The lowest BCUT2D eigenvalue weighted by Crippen LogP contribution is -2.29. The van der Waals surface area contributed by atoms with Crippen molar-refractivity contribution in [3.05, 3.63) is 83.2 Å². The van der Waals surface area contributed by atoms with E-state index in [0.29, 0.717) is 17.8 Å². The summed E-state index contributed by atoms with van der Waals surface area (Å²) >= 11 is 0. The van der Waals surface area contributed by atoms with Gasteiger partial charge in [-0.15, -0.1) is 0 Å². The Morgan fingerprint density at radius 3 is 2.33 bits per heavy atom. The van der Waals surface area contributed by atoms with Crippen LogP contribution in [0.3, 0.4) is 0 Å². The average molecular weight is 440 g/mol. The quantitative estimate of drug-likeness (QED) is 0.379. The van der Waals surface area contributed by atoms with Crippen LogP contribution in [-0.2, 0) is 0 Å². The first-order chi connectivity index (χ1) is 16.2. The highest BCUT2D eigenvalue weighted by molar-refractivity contribution is 5.84. The molecular formula is C28H29N3O2. The maximum Gasteiger partial charge on any atom is 0.266 e. The van der Waals surface area contributed by atoms with Gasteiger partial charge in [-0.2, -0.15) is 0 Å². The number of piperidine rings is 1. The normalized spacial score (nSPS) is 13.9. The molecule has 1 aliphatic heterocycles. The summed E-state index contributed by atoms with van der Waals surface area (Å²) in [5, 5.41) is 0.643. The number of benzene rings is 3. The van der Waals surface area contributed by atoms with Gasteiger partial charge in [0.2, 0.25) is 0 Å². The van der Waals surface area contributed by atoms with Gasteiger partial charge in [0.1, 0.15) is 11.6 Å². The summed E-state index contributed by atoms with van der Waals surface area (Å²) in [6.07, 6.45) is 4.62. The van der Waals surface area contributed by atoms with E-state index in [-0.39, 0.29) is 5.56 Å². The van der Waals surface area contributed by atoms with Crippen LogP contribution in [0.2, 0.25) is 0 Å². The van der Waals surface area contributed by atoms with Crippen molar-refractivity contribution in [3.63, 3.8) is 0 Å². The minimum absolute atomic E-state index is 0.0556. The number of ether oxygens (including phenoxy) is 1. The van der Waals surface area contributed by atoms with Crippen molar-refractivity contribution in [2.45, 2.75) is 32.6 Å². The van der Waals surface area contributed by atoms with Gasteiger partial charge in [0, 0.05) is 24.3 Å². The van der Waals surface area contributed by atoms with Gasteiger partial charge >= 0.3 is 0 Å². The van der Waals surface area contributed by atoms with Crippen molar-refractivity contribution < 1.29 is 4.74 Å². The number of fused-ring (bicyclic) bond motifs is 1. The number of hydrogen-bond acceptors (Lipinski definition) is 4. The molecule has 4 aromatic rings. The first-order valence-corrected chi connectivity index (χ1v) is 11.8. The highest BCUT2D eigenvalue weighted by Crippen LogP contribution is 2.27. The Balaban J connectivity index is 1.67. The van der Waals surface area contributed by atoms with Crippen LogP contribution in [-0.4, -0.2) is 29.2 Å². The molecule has 3 aromatic carbocycles. The molecule has 1 saturated heterocycles. The molecule has 0 radical (unpaired) electrons. The molecule has 33 heavy (non-hydrogen) atoms. The van der Waals surface area contributed by atoms with E-state index in [2.05, 4.69) is 17.9 Å².